The molecular formula is C18H27NO4. The molecule has 1 aromatic carbocycles. The van der Waals surface area contributed by atoms with E-state index >= 15 is 0 Å². The second-order valence-electron chi connectivity index (χ2n) is 6.25. The summed E-state index contributed by atoms with van der Waals surface area (Å²) >= 11 is 0. The predicted molar refractivity (Wildman–Crippen MR) is 88.8 cm³/mol. The van der Waals surface area contributed by atoms with Gasteiger partial charge in [0.2, 0.25) is 0 Å². The number of rotatable bonds is 7. The standard InChI is InChI=1S/C18H27NO4/c1-3-4-11-23-16-6-5-13(2)12-15(16)17(18(21)22)19-9-7-14(20)8-10-19/h5-6,12,14,17,20H,3-4,7-11H2,1-2H3,(H,21,22). The molecule has 1 heterocycles. The number of hydrogen-bond donors (Lipinski definition) is 2. The minimum absolute atomic E-state index is 0.321. The lowest BCUT2D eigenvalue weighted by molar-refractivity contribution is -0.144. The lowest BCUT2D eigenvalue weighted by atomic mass is 9.98. The highest BCUT2D eigenvalue weighted by Crippen LogP contribution is 2.32. The zero-order valence-corrected chi connectivity index (χ0v) is 14.0. The van der Waals surface area contributed by atoms with Crippen LogP contribution in [-0.4, -0.2) is 46.9 Å². The van der Waals surface area contributed by atoms with Crippen LogP contribution in [0, 0.1) is 6.92 Å². The van der Waals surface area contributed by atoms with Crippen molar-refractivity contribution in [1.29, 1.82) is 0 Å². The van der Waals surface area contributed by atoms with Gasteiger partial charge in [-0.25, -0.2) is 0 Å². The molecule has 0 aromatic heterocycles. The maximum absolute atomic E-state index is 11.9. The first-order chi connectivity index (χ1) is 11.0. The highest BCUT2D eigenvalue weighted by molar-refractivity contribution is 5.77. The number of carbonyl (C=O) groups is 1. The van der Waals surface area contributed by atoms with E-state index in [0.717, 1.165) is 18.4 Å². The van der Waals surface area contributed by atoms with Crippen molar-refractivity contribution in [2.75, 3.05) is 19.7 Å². The van der Waals surface area contributed by atoms with Crippen LogP contribution < -0.4 is 4.74 Å². The number of aliphatic hydroxyl groups excluding tert-OH is 1. The van der Waals surface area contributed by atoms with E-state index in [1.165, 1.54) is 0 Å². The predicted octanol–water partition coefficient (Wildman–Crippen LogP) is 2.76. The maximum atomic E-state index is 11.9. The smallest absolute Gasteiger partial charge is 0.325 e. The van der Waals surface area contributed by atoms with Crippen molar-refractivity contribution in [2.45, 2.75) is 51.7 Å². The second-order valence-corrected chi connectivity index (χ2v) is 6.25. The van der Waals surface area contributed by atoms with Crippen molar-refractivity contribution in [3.63, 3.8) is 0 Å². The second kappa shape index (κ2) is 8.31. The summed E-state index contributed by atoms with van der Waals surface area (Å²) in [6.45, 7) is 5.81. The molecule has 1 saturated heterocycles. The first kappa shape index (κ1) is 17.8. The van der Waals surface area contributed by atoms with Crippen molar-refractivity contribution in [3.8, 4) is 5.75 Å². The molecule has 0 bridgehead atoms. The Kier molecular flexibility index (Phi) is 6.42. The molecule has 0 aliphatic carbocycles. The molecular weight excluding hydrogens is 294 g/mol. The Bertz CT molecular complexity index is 524. The van der Waals surface area contributed by atoms with Crippen LogP contribution >= 0.6 is 0 Å². The van der Waals surface area contributed by atoms with E-state index < -0.39 is 12.0 Å². The van der Waals surface area contributed by atoms with Crippen LogP contribution in [0.4, 0.5) is 0 Å². The molecule has 1 aliphatic rings. The molecule has 23 heavy (non-hydrogen) atoms. The van der Waals surface area contributed by atoms with Crippen molar-refractivity contribution in [3.05, 3.63) is 29.3 Å². The van der Waals surface area contributed by atoms with Gasteiger partial charge >= 0.3 is 5.97 Å². The van der Waals surface area contributed by atoms with E-state index in [2.05, 4.69) is 6.92 Å². The highest BCUT2D eigenvalue weighted by atomic mass is 16.5. The number of aliphatic carboxylic acids is 1. The summed E-state index contributed by atoms with van der Waals surface area (Å²) in [5.41, 5.74) is 1.73. The van der Waals surface area contributed by atoms with Crippen LogP contribution in [0.25, 0.3) is 0 Å². The van der Waals surface area contributed by atoms with Gasteiger partial charge in [0, 0.05) is 18.7 Å². The summed E-state index contributed by atoms with van der Waals surface area (Å²) in [5.74, 6) is -0.213. The average Bonchev–Trinajstić information content (AvgIpc) is 2.51. The van der Waals surface area contributed by atoms with Gasteiger partial charge in [-0.3, -0.25) is 9.69 Å². The minimum Gasteiger partial charge on any atom is -0.493 e. The first-order valence-corrected chi connectivity index (χ1v) is 8.41. The molecule has 2 rings (SSSR count). The Labute approximate surface area is 137 Å². The summed E-state index contributed by atoms with van der Waals surface area (Å²) in [6.07, 6.45) is 2.89. The van der Waals surface area contributed by atoms with E-state index in [0.29, 0.717) is 43.9 Å². The zero-order chi connectivity index (χ0) is 16.8. The normalized spacial score (nSPS) is 17.9. The third-order valence-electron chi connectivity index (χ3n) is 4.31. The Morgan fingerprint density at radius 1 is 1.39 bits per heavy atom. The van der Waals surface area contributed by atoms with Crippen LogP contribution in [0.15, 0.2) is 18.2 Å². The Balaban J connectivity index is 2.26. The van der Waals surface area contributed by atoms with E-state index in [4.69, 9.17) is 4.74 Å². The largest absolute Gasteiger partial charge is 0.493 e. The lowest BCUT2D eigenvalue weighted by Crippen LogP contribution is -2.41. The molecule has 0 radical (unpaired) electrons. The molecule has 1 aromatic rings. The number of unbranched alkanes of at least 4 members (excludes halogenated alkanes) is 1. The quantitative estimate of drug-likeness (QED) is 0.756. The highest BCUT2D eigenvalue weighted by Gasteiger charge is 2.32. The van der Waals surface area contributed by atoms with E-state index in [1.54, 1.807) is 0 Å². The number of aliphatic hydroxyl groups is 1. The van der Waals surface area contributed by atoms with Gasteiger partial charge in [-0.1, -0.05) is 31.0 Å². The first-order valence-electron chi connectivity index (χ1n) is 8.41. The van der Waals surface area contributed by atoms with E-state index in [1.807, 2.05) is 30.0 Å². The van der Waals surface area contributed by atoms with Crippen molar-refractivity contribution in [2.24, 2.45) is 0 Å². The van der Waals surface area contributed by atoms with Gasteiger partial charge in [0.05, 0.1) is 12.7 Å². The summed E-state index contributed by atoms with van der Waals surface area (Å²) in [7, 11) is 0. The third kappa shape index (κ3) is 4.69. The molecule has 2 N–H and O–H groups in total. The zero-order valence-electron chi connectivity index (χ0n) is 14.0. The van der Waals surface area contributed by atoms with Crippen molar-refractivity contribution in [1.82, 2.24) is 4.90 Å². The molecule has 1 aliphatic heterocycles. The number of piperidine rings is 1. The van der Waals surface area contributed by atoms with Crippen molar-refractivity contribution < 1.29 is 19.7 Å². The van der Waals surface area contributed by atoms with Gasteiger partial charge in [0.25, 0.3) is 0 Å². The fourth-order valence-electron chi connectivity index (χ4n) is 2.97. The third-order valence-corrected chi connectivity index (χ3v) is 4.31. The number of carboxylic acids is 1. The Morgan fingerprint density at radius 2 is 2.09 bits per heavy atom. The molecule has 5 heteroatoms. The number of ether oxygens (including phenoxy) is 1. The van der Waals surface area contributed by atoms with Crippen LogP contribution in [-0.2, 0) is 4.79 Å². The van der Waals surface area contributed by atoms with Crippen LogP contribution in [0.2, 0.25) is 0 Å². The molecule has 0 spiro atoms. The number of nitrogens with zero attached hydrogens (tertiary/aromatic N) is 1. The summed E-state index contributed by atoms with van der Waals surface area (Å²) in [4.78, 5) is 13.8. The van der Waals surface area contributed by atoms with Crippen LogP contribution in [0.1, 0.15) is 49.8 Å². The maximum Gasteiger partial charge on any atom is 0.325 e. The Morgan fingerprint density at radius 3 is 2.70 bits per heavy atom. The number of hydrogen-bond acceptors (Lipinski definition) is 4. The monoisotopic (exact) mass is 321 g/mol. The van der Waals surface area contributed by atoms with Crippen LogP contribution in [0.3, 0.4) is 0 Å². The molecule has 1 unspecified atom stereocenters. The fourth-order valence-corrected chi connectivity index (χ4v) is 2.97. The number of aryl methyl sites for hydroxylation is 1. The molecule has 0 amide bonds. The molecule has 1 atom stereocenters. The van der Waals surface area contributed by atoms with Gasteiger partial charge in [-0.2, -0.15) is 0 Å². The van der Waals surface area contributed by atoms with Gasteiger partial charge in [0.1, 0.15) is 11.8 Å². The summed E-state index contributed by atoms with van der Waals surface area (Å²) in [6, 6.07) is 5.00. The van der Waals surface area contributed by atoms with E-state index in [9.17, 15) is 15.0 Å². The van der Waals surface area contributed by atoms with Crippen molar-refractivity contribution >= 4 is 5.97 Å². The average molecular weight is 321 g/mol. The van der Waals surface area contributed by atoms with E-state index in [-0.39, 0.29) is 6.10 Å². The minimum atomic E-state index is -0.868. The lowest BCUT2D eigenvalue weighted by Gasteiger charge is -2.34. The van der Waals surface area contributed by atoms with Crippen LogP contribution in [0.5, 0.6) is 5.75 Å². The summed E-state index contributed by atoms with van der Waals surface area (Å²) in [5, 5.41) is 19.4. The van der Waals surface area contributed by atoms with Gasteiger partial charge in [-0.15, -0.1) is 0 Å². The number of likely N-dealkylation sites (tertiary alicyclic amines) is 1. The molecule has 5 nitrogen and oxygen atoms in total. The van der Waals surface area contributed by atoms with Gasteiger partial charge < -0.3 is 14.9 Å². The van der Waals surface area contributed by atoms with Gasteiger partial charge in [-0.05, 0) is 32.3 Å². The molecule has 0 saturated carbocycles. The van der Waals surface area contributed by atoms with Gasteiger partial charge in [0.15, 0.2) is 0 Å². The molecule has 1 fully saturated rings. The number of carboxylic acid groups (broad SMARTS) is 1. The SMILES string of the molecule is CCCCOc1ccc(C)cc1C(C(=O)O)N1CCC(O)CC1. The number of benzene rings is 1. The summed E-state index contributed by atoms with van der Waals surface area (Å²) < 4.78 is 5.84. The molecule has 128 valence electrons. The topological polar surface area (TPSA) is 70.0 Å². The Hall–Kier alpha value is -1.59. The fraction of sp³-hybridized carbons (Fsp3) is 0.611.